The molecule has 0 N–H and O–H groups in total. The summed E-state index contributed by atoms with van der Waals surface area (Å²) in [5.41, 5.74) is 6.67. The van der Waals surface area contributed by atoms with Gasteiger partial charge in [-0.3, -0.25) is 9.59 Å². The first-order chi connectivity index (χ1) is 16.1. The molecule has 1 saturated heterocycles. The largest absolute Gasteiger partial charge is 0.343 e. The van der Waals surface area contributed by atoms with Crippen LogP contribution in [0.4, 0.5) is 0 Å². The normalized spacial score (nSPS) is 13.5. The summed E-state index contributed by atoms with van der Waals surface area (Å²) in [6.45, 7) is 3.32. The van der Waals surface area contributed by atoms with Gasteiger partial charge in [0.15, 0.2) is 5.78 Å². The fraction of sp³-hybridized carbons (Fsp3) is 0.250. The van der Waals surface area contributed by atoms with Gasteiger partial charge < -0.3 is 9.30 Å². The van der Waals surface area contributed by atoms with Crippen LogP contribution in [0.3, 0.4) is 0 Å². The molecule has 1 amide bonds. The molecule has 1 aliphatic heterocycles. The number of hydrogen-bond acceptors (Lipinski definition) is 3. The quantitative estimate of drug-likeness (QED) is 0.378. The summed E-state index contributed by atoms with van der Waals surface area (Å²) in [5, 5.41) is 0. The topological polar surface area (TPSA) is 54.7 Å². The smallest absolute Gasteiger partial charge is 0.222 e. The van der Waals surface area contributed by atoms with Crippen molar-refractivity contribution in [1.29, 1.82) is 0 Å². The number of pyridine rings is 1. The van der Waals surface area contributed by atoms with Crippen molar-refractivity contribution in [2.24, 2.45) is 0 Å². The maximum Gasteiger partial charge on any atom is 0.222 e. The Morgan fingerprint density at radius 3 is 2.24 bits per heavy atom. The van der Waals surface area contributed by atoms with Crippen molar-refractivity contribution in [3.8, 4) is 22.4 Å². The van der Waals surface area contributed by atoms with Crippen LogP contribution in [0, 0.1) is 0 Å². The molecule has 2 aromatic heterocycles. The number of nitrogens with zero attached hydrogens (tertiary/aromatic N) is 3. The van der Waals surface area contributed by atoms with Gasteiger partial charge in [0.05, 0.1) is 11.4 Å². The minimum atomic E-state index is 0.0593. The van der Waals surface area contributed by atoms with Gasteiger partial charge in [-0.1, -0.05) is 54.6 Å². The number of likely N-dealkylation sites (tertiary alicyclic amines) is 1. The van der Waals surface area contributed by atoms with E-state index in [1.54, 1.807) is 6.92 Å². The molecule has 3 heterocycles. The minimum absolute atomic E-state index is 0.0593. The number of aryl methyl sites for hydroxylation is 1. The predicted molar refractivity (Wildman–Crippen MR) is 130 cm³/mol. The molecular weight excluding hydrogens is 410 g/mol. The summed E-state index contributed by atoms with van der Waals surface area (Å²) in [6.07, 6.45) is 5.40. The molecule has 166 valence electrons. The second-order valence-electron chi connectivity index (χ2n) is 8.64. The molecular formula is C28H27N3O2. The first kappa shape index (κ1) is 21.1. The highest BCUT2D eigenvalue weighted by Crippen LogP contribution is 2.28. The molecule has 0 aliphatic carbocycles. The molecule has 0 spiro atoms. The number of rotatable bonds is 6. The summed E-state index contributed by atoms with van der Waals surface area (Å²) in [6, 6.07) is 21.9. The van der Waals surface area contributed by atoms with E-state index in [4.69, 9.17) is 4.98 Å². The molecule has 0 bridgehead atoms. The van der Waals surface area contributed by atoms with Crippen LogP contribution in [-0.4, -0.2) is 39.1 Å². The molecule has 33 heavy (non-hydrogen) atoms. The second-order valence-corrected chi connectivity index (χ2v) is 8.64. The average Bonchev–Trinajstić information content (AvgIpc) is 3.51. The van der Waals surface area contributed by atoms with Gasteiger partial charge in [0, 0.05) is 36.8 Å². The number of amides is 1. The molecule has 5 nitrogen and oxygen atoms in total. The number of aromatic nitrogens is 2. The zero-order chi connectivity index (χ0) is 22.8. The highest BCUT2D eigenvalue weighted by atomic mass is 16.2. The third kappa shape index (κ3) is 4.31. The van der Waals surface area contributed by atoms with Gasteiger partial charge in [-0.15, -0.1) is 0 Å². The van der Waals surface area contributed by atoms with Gasteiger partial charge in [0.1, 0.15) is 5.65 Å². The van der Waals surface area contributed by atoms with Gasteiger partial charge in [0.25, 0.3) is 0 Å². The SMILES string of the molecule is CC(=O)c1ccc(-c2ccc3nc(-c4ccccc4)c(CCC(=O)N4CCCC4)n3c2)cc1. The van der Waals surface area contributed by atoms with Crippen LogP contribution in [0.5, 0.6) is 0 Å². The molecule has 0 radical (unpaired) electrons. The van der Waals surface area contributed by atoms with E-state index >= 15 is 0 Å². The van der Waals surface area contributed by atoms with Gasteiger partial charge in [0.2, 0.25) is 5.91 Å². The molecule has 5 rings (SSSR count). The van der Waals surface area contributed by atoms with E-state index in [2.05, 4.69) is 28.8 Å². The van der Waals surface area contributed by atoms with E-state index in [9.17, 15) is 9.59 Å². The number of benzene rings is 2. The van der Waals surface area contributed by atoms with Crippen LogP contribution < -0.4 is 0 Å². The van der Waals surface area contributed by atoms with Gasteiger partial charge in [-0.2, -0.15) is 0 Å². The Labute approximate surface area is 193 Å². The molecule has 2 aromatic carbocycles. The van der Waals surface area contributed by atoms with E-state index < -0.39 is 0 Å². The van der Waals surface area contributed by atoms with E-state index in [0.717, 1.165) is 59.7 Å². The van der Waals surface area contributed by atoms with Crippen LogP contribution in [0.15, 0.2) is 72.9 Å². The highest BCUT2D eigenvalue weighted by Gasteiger charge is 2.20. The van der Waals surface area contributed by atoms with Crippen LogP contribution in [0.1, 0.15) is 42.2 Å². The summed E-state index contributed by atoms with van der Waals surface area (Å²) < 4.78 is 2.12. The lowest BCUT2D eigenvalue weighted by Gasteiger charge is -2.15. The lowest BCUT2D eigenvalue weighted by Crippen LogP contribution is -2.27. The molecule has 5 heteroatoms. The number of ketones is 1. The van der Waals surface area contributed by atoms with Gasteiger partial charge in [-0.25, -0.2) is 4.98 Å². The van der Waals surface area contributed by atoms with E-state index in [-0.39, 0.29) is 11.7 Å². The van der Waals surface area contributed by atoms with Crippen molar-refractivity contribution in [2.75, 3.05) is 13.1 Å². The molecule has 1 aliphatic rings. The molecule has 0 atom stereocenters. The number of fused-ring (bicyclic) bond motifs is 1. The van der Waals surface area contributed by atoms with E-state index in [1.807, 2.05) is 53.4 Å². The van der Waals surface area contributed by atoms with Crippen LogP contribution in [0.2, 0.25) is 0 Å². The Bertz CT molecular complexity index is 1300. The fourth-order valence-electron chi connectivity index (χ4n) is 4.58. The van der Waals surface area contributed by atoms with Crippen molar-refractivity contribution in [1.82, 2.24) is 14.3 Å². The summed E-state index contributed by atoms with van der Waals surface area (Å²) in [7, 11) is 0. The first-order valence-electron chi connectivity index (χ1n) is 11.6. The standard InChI is InChI=1S/C28H27N3O2/c1-20(32)21-9-11-22(12-10-21)24-13-15-26-29-28(23-7-3-2-4-8-23)25(31(26)19-24)14-16-27(33)30-17-5-6-18-30/h2-4,7-13,15,19H,5-6,14,16-18H2,1H3. The van der Waals surface area contributed by atoms with E-state index in [1.165, 1.54) is 0 Å². The maximum atomic E-state index is 12.8. The Kier molecular flexibility index (Phi) is 5.78. The minimum Gasteiger partial charge on any atom is -0.343 e. The van der Waals surface area contributed by atoms with Crippen LogP contribution in [-0.2, 0) is 11.2 Å². The molecule has 1 fully saturated rings. The monoisotopic (exact) mass is 437 g/mol. The Balaban J connectivity index is 1.54. The Morgan fingerprint density at radius 2 is 1.55 bits per heavy atom. The molecule has 0 unspecified atom stereocenters. The predicted octanol–water partition coefficient (Wildman–Crippen LogP) is 5.43. The number of imidazole rings is 1. The van der Waals surface area contributed by atoms with Crippen LogP contribution >= 0.6 is 0 Å². The lowest BCUT2D eigenvalue weighted by atomic mass is 10.0. The van der Waals surface area contributed by atoms with Gasteiger partial charge in [-0.05, 0) is 49.4 Å². The highest BCUT2D eigenvalue weighted by molar-refractivity contribution is 5.94. The number of Topliss-reactive ketones (excluding diaryl/α,β-unsaturated/α-hetero) is 1. The fourth-order valence-corrected chi connectivity index (χ4v) is 4.58. The third-order valence-electron chi connectivity index (χ3n) is 6.42. The molecule has 0 saturated carbocycles. The summed E-state index contributed by atoms with van der Waals surface area (Å²) >= 11 is 0. The zero-order valence-corrected chi connectivity index (χ0v) is 18.8. The van der Waals surface area contributed by atoms with Crippen molar-refractivity contribution in [2.45, 2.75) is 32.6 Å². The Hall–Kier alpha value is -3.73. The van der Waals surface area contributed by atoms with Crippen molar-refractivity contribution >= 4 is 17.3 Å². The number of carbonyl (C=O) groups excluding carboxylic acids is 2. The van der Waals surface area contributed by atoms with Crippen molar-refractivity contribution in [3.05, 3.63) is 84.2 Å². The number of hydrogen-bond donors (Lipinski definition) is 0. The average molecular weight is 438 g/mol. The summed E-state index contributed by atoms with van der Waals surface area (Å²) in [4.78, 5) is 31.3. The lowest BCUT2D eigenvalue weighted by molar-refractivity contribution is -0.130. The first-order valence-corrected chi connectivity index (χ1v) is 11.6. The van der Waals surface area contributed by atoms with E-state index in [0.29, 0.717) is 18.4 Å². The van der Waals surface area contributed by atoms with Crippen LogP contribution in [0.25, 0.3) is 28.0 Å². The van der Waals surface area contributed by atoms with Crippen molar-refractivity contribution in [3.63, 3.8) is 0 Å². The van der Waals surface area contributed by atoms with Crippen molar-refractivity contribution < 1.29 is 9.59 Å². The third-order valence-corrected chi connectivity index (χ3v) is 6.42. The molecule has 4 aromatic rings. The Morgan fingerprint density at radius 1 is 0.848 bits per heavy atom. The zero-order valence-electron chi connectivity index (χ0n) is 18.8. The van der Waals surface area contributed by atoms with Gasteiger partial charge >= 0.3 is 0 Å². The summed E-state index contributed by atoms with van der Waals surface area (Å²) in [5.74, 6) is 0.279. The second kappa shape index (κ2) is 9.02. The maximum absolute atomic E-state index is 12.8. The number of carbonyl (C=O) groups is 2.